The standard InChI is InChI=1S/C15H21F2N3O2/c1-22-8-6-18-9-14(21)19-11-5-7-20(10-11)15-12(16)3-2-4-13(15)17/h2-4,11,18H,5-10H2,1H3,(H,19,21). The predicted octanol–water partition coefficient (Wildman–Crippen LogP) is 0.896. The molecule has 1 aromatic carbocycles. The van der Waals surface area contributed by atoms with Gasteiger partial charge in [-0.05, 0) is 18.6 Å². The molecule has 2 N–H and O–H groups in total. The third-order valence-electron chi connectivity index (χ3n) is 3.58. The highest BCUT2D eigenvalue weighted by atomic mass is 19.1. The largest absolute Gasteiger partial charge is 0.383 e. The van der Waals surface area contributed by atoms with Crippen LogP contribution in [0.3, 0.4) is 0 Å². The van der Waals surface area contributed by atoms with Crippen molar-refractivity contribution in [2.45, 2.75) is 12.5 Å². The van der Waals surface area contributed by atoms with Gasteiger partial charge in [-0.3, -0.25) is 4.79 Å². The number of nitrogens with zero attached hydrogens (tertiary/aromatic N) is 1. The zero-order chi connectivity index (χ0) is 15.9. The number of benzene rings is 1. The Morgan fingerprint density at radius 3 is 2.82 bits per heavy atom. The fourth-order valence-electron chi connectivity index (χ4n) is 2.53. The number of carbonyl (C=O) groups is 1. The van der Waals surface area contributed by atoms with Crippen molar-refractivity contribution in [1.29, 1.82) is 0 Å². The molecule has 122 valence electrons. The summed E-state index contributed by atoms with van der Waals surface area (Å²) in [5.41, 5.74) is -0.0162. The van der Waals surface area contributed by atoms with Gasteiger partial charge in [-0.2, -0.15) is 0 Å². The van der Waals surface area contributed by atoms with E-state index in [0.717, 1.165) is 0 Å². The summed E-state index contributed by atoms with van der Waals surface area (Å²) in [6, 6.07) is 3.72. The summed E-state index contributed by atoms with van der Waals surface area (Å²) in [5, 5.41) is 5.82. The summed E-state index contributed by atoms with van der Waals surface area (Å²) in [4.78, 5) is 13.4. The van der Waals surface area contributed by atoms with Crippen LogP contribution in [-0.2, 0) is 9.53 Å². The molecule has 0 radical (unpaired) electrons. The molecule has 22 heavy (non-hydrogen) atoms. The molecule has 1 amide bonds. The average Bonchev–Trinajstić information content (AvgIpc) is 2.91. The fraction of sp³-hybridized carbons (Fsp3) is 0.533. The number of hydrogen-bond acceptors (Lipinski definition) is 4. The second-order valence-electron chi connectivity index (χ2n) is 5.24. The zero-order valence-electron chi connectivity index (χ0n) is 12.6. The Hall–Kier alpha value is -1.73. The number of nitrogens with one attached hydrogen (secondary N) is 2. The molecular formula is C15H21F2N3O2. The predicted molar refractivity (Wildman–Crippen MR) is 79.9 cm³/mol. The molecule has 5 nitrogen and oxygen atoms in total. The van der Waals surface area contributed by atoms with Gasteiger partial charge in [0, 0.05) is 32.8 Å². The van der Waals surface area contributed by atoms with Gasteiger partial charge in [0.1, 0.15) is 17.3 Å². The Morgan fingerprint density at radius 2 is 2.14 bits per heavy atom. The minimum atomic E-state index is -0.576. The molecule has 0 aromatic heterocycles. The number of para-hydroxylation sites is 1. The van der Waals surface area contributed by atoms with Crippen molar-refractivity contribution >= 4 is 11.6 Å². The number of methoxy groups -OCH3 is 1. The average molecular weight is 313 g/mol. The van der Waals surface area contributed by atoms with Gasteiger partial charge in [0.2, 0.25) is 5.91 Å². The Bertz CT molecular complexity index is 493. The van der Waals surface area contributed by atoms with Crippen LogP contribution in [0.25, 0.3) is 0 Å². The Kier molecular flexibility index (Phi) is 6.09. The van der Waals surface area contributed by atoms with E-state index >= 15 is 0 Å². The Labute approximate surface area is 128 Å². The number of carbonyl (C=O) groups excluding carboxylic acids is 1. The molecule has 1 fully saturated rings. The quantitative estimate of drug-likeness (QED) is 0.734. The molecule has 1 aromatic rings. The first-order chi connectivity index (χ1) is 10.6. The summed E-state index contributed by atoms with van der Waals surface area (Å²) in [6.45, 7) is 2.26. The lowest BCUT2D eigenvalue weighted by atomic mass is 10.2. The number of amides is 1. The highest BCUT2D eigenvalue weighted by Crippen LogP contribution is 2.26. The topological polar surface area (TPSA) is 53.6 Å². The fourth-order valence-corrected chi connectivity index (χ4v) is 2.53. The van der Waals surface area contributed by atoms with Crippen molar-refractivity contribution in [2.75, 3.05) is 44.8 Å². The zero-order valence-corrected chi connectivity index (χ0v) is 12.6. The van der Waals surface area contributed by atoms with E-state index in [0.29, 0.717) is 32.7 Å². The van der Waals surface area contributed by atoms with E-state index in [2.05, 4.69) is 10.6 Å². The van der Waals surface area contributed by atoms with E-state index in [1.807, 2.05) is 0 Å². The van der Waals surface area contributed by atoms with E-state index in [1.54, 1.807) is 12.0 Å². The van der Waals surface area contributed by atoms with Gasteiger partial charge in [0.25, 0.3) is 0 Å². The van der Waals surface area contributed by atoms with Crippen LogP contribution in [0.4, 0.5) is 14.5 Å². The lowest BCUT2D eigenvalue weighted by Gasteiger charge is -2.20. The minimum Gasteiger partial charge on any atom is -0.383 e. The first-order valence-corrected chi connectivity index (χ1v) is 7.29. The maximum atomic E-state index is 13.7. The van der Waals surface area contributed by atoms with Crippen molar-refractivity contribution < 1.29 is 18.3 Å². The minimum absolute atomic E-state index is 0.0162. The molecule has 1 atom stereocenters. The summed E-state index contributed by atoms with van der Waals surface area (Å²) in [5.74, 6) is -1.28. The highest BCUT2D eigenvalue weighted by molar-refractivity contribution is 5.78. The smallest absolute Gasteiger partial charge is 0.234 e. The van der Waals surface area contributed by atoms with E-state index in [1.165, 1.54) is 18.2 Å². The summed E-state index contributed by atoms with van der Waals surface area (Å²) in [6.07, 6.45) is 0.664. The lowest BCUT2D eigenvalue weighted by Crippen LogP contribution is -2.42. The third kappa shape index (κ3) is 4.38. The molecule has 1 saturated heterocycles. The molecule has 0 aliphatic carbocycles. The normalized spacial score (nSPS) is 17.8. The maximum Gasteiger partial charge on any atom is 0.234 e. The van der Waals surface area contributed by atoms with E-state index in [9.17, 15) is 13.6 Å². The van der Waals surface area contributed by atoms with Crippen molar-refractivity contribution in [1.82, 2.24) is 10.6 Å². The second-order valence-corrected chi connectivity index (χ2v) is 5.24. The van der Waals surface area contributed by atoms with E-state index in [4.69, 9.17) is 4.74 Å². The summed E-state index contributed by atoms with van der Waals surface area (Å²) in [7, 11) is 1.59. The van der Waals surface area contributed by atoms with Crippen molar-refractivity contribution in [3.63, 3.8) is 0 Å². The van der Waals surface area contributed by atoms with Gasteiger partial charge in [-0.25, -0.2) is 8.78 Å². The SMILES string of the molecule is COCCNCC(=O)NC1CCN(c2c(F)cccc2F)C1. The number of rotatable bonds is 7. The molecule has 0 spiro atoms. The highest BCUT2D eigenvalue weighted by Gasteiger charge is 2.27. The molecule has 7 heteroatoms. The monoisotopic (exact) mass is 313 g/mol. The van der Waals surface area contributed by atoms with Gasteiger partial charge in [-0.1, -0.05) is 6.07 Å². The molecular weight excluding hydrogens is 292 g/mol. The van der Waals surface area contributed by atoms with Crippen LogP contribution in [-0.4, -0.2) is 51.8 Å². The molecule has 1 aliphatic rings. The van der Waals surface area contributed by atoms with Crippen LogP contribution in [0, 0.1) is 11.6 Å². The molecule has 0 saturated carbocycles. The van der Waals surface area contributed by atoms with Crippen molar-refractivity contribution in [2.24, 2.45) is 0 Å². The van der Waals surface area contributed by atoms with Crippen LogP contribution in [0.2, 0.25) is 0 Å². The van der Waals surface area contributed by atoms with Gasteiger partial charge in [-0.15, -0.1) is 0 Å². The van der Waals surface area contributed by atoms with Crippen LogP contribution < -0.4 is 15.5 Å². The van der Waals surface area contributed by atoms with Gasteiger partial charge < -0.3 is 20.3 Å². The number of anilines is 1. The number of halogens is 2. The van der Waals surface area contributed by atoms with Gasteiger partial charge in [0.15, 0.2) is 0 Å². The molecule has 0 bridgehead atoms. The maximum absolute atomic E-state index is 13.7. The molecule has 1 unspecified atom stereocenters. The molecule has 2 rings (SSSR count). The van der Waals surface area contributed by atoms with E-state index < -0.39 is 11.6 Å². The summed E-state index contributed by atoms with van der Waals surface area (Å²) >= 11 is 0. The van der Waals surface area contributed by atoms with Crippen molar-refractivity contribution in [3.05, 3.63) is 29.8 Å². The van der Waals surface area contributed by atoms with E-state index in [-0.39, 0.29) is 24.2 Å². The van der Waals surface area contributed by atoms with Crippen LogP contribution in [0.15, 0.2) is 18.2 Å². The molecule has 1 heterocycles. The third-order valence-corrected chi connectivity index (χ3v) is 3.58. The molecule has 1 aliphatic heterocycles. The Morgan fingerprint density at radius 1 is 1.41 bits per heavy atom. The summed E-state index contributed by atoms with van der Waals surface area (Å²) < 4.78 is 32.4. The Balaban J connectivity index is 1.81. The first kappa shape index (κ1) is 16.6. The van der Waals surface area contributed by atoms with Crippen LogP contribution >= 0.6 is 0 Å². The number of hydrogen-bond donors (Lipinski definition) is 2. The van der Waals surface area contributed by atoms with Crippen molar-refractivity contribution in [3.8, 4) is 0 Å². The number of ether oxygens (including phenoxy) is 1. The second kappa shape index (κ2) is 8.05. The van der Waals surface area contributed by atoms with Crippen LogP contribution in [0.5, 0.6) is 0 Å². The lowest BCUT2D eigenvalue weighted by molar-refractivity contribution is -0.120. The first-order valence-electron chi connectivity index (χ1n) is 7.29. The van der Waals surface area contributed by atoms with Gasteiger partial charge >= 0.3 is 0 Å². The van der Waals surface area contributed by atoms with Crippen LogP contribution in [0.1, 0.15) is 6.42 Å². The van der Waals surface area contributed by atoms with Gasteiger partial charge in [0.05, 0.1) is 13.2 Å².